The Kier molecular flexibility index (Phi) is 73.3. The van der Waals surface area contributed by atoms with Gasteiger partial charge in [0.25, 0.3) is 0 Å². The quantitative estimate of drug-likeness (QED) is 0.0417. The van der Waals surface area contributed by atoms with E-state index in [1.54, 1.807) is 0 Å². The van der Waals surface area contributed by atoms with E-state index in [1.807, 2.05) is 0 Å². The van der Waals surface area contributed by atoms with Crippen molar-refractivity contribution < 1.29 is 24.5 Å². The van der Waals surface area contributed by atoms with Crippen LogP contribution in [-0.4, -0.2) is 47.4 Å². The van der Waals surface area contributed by atoms with Crippen LogP contribution in [0.15, 0.2) is 0 Å². The highest BCUT2D eigenvalue weighted by atomic mass is 16.5. The van der Waals surface area contributed by atoms with Gasteiger partial charge in [0.15, 0.2) is 0 Å². The first-order valence-electron chi connectivity index (χ1n) is 39.3. The largest absolute Gasteiger partial charge is 0.466 e. The molecule has 0 heterocycles. The molecule has 2 unspecified atom stereocenters. The van der Waals surface area contributed by atoms with Gasteiger partial charge in [0.1, 0.15) is 0 Å². The van der Waals surface area contributed by atoms with Crippen molar-refractivity contribution in [2.45, 2.75) is 475 Å². The third-order valence-corrected chi connectivity index (χ3v) is 18.9. The average Bonchev–Trinajstić information content (AvgIpc) is 3.50. The number of amides is 1. The number of hydrogen-bond acceptors (Lipinski definition) is 5. The lowest BCUT2D eigenvalue weighted by molar-refractivity contribution is -0.143. The number of ether oxygens (including phenoxy) is 1. The molecule has 0 saturated carbocycles. The normalized spacial score (nSPS) is 12.4. The summed E-state index contributed by atoms with van der Waals surface area (Å²) in [6.07, 6.45) is 92.0. The summed E-state index contributed by atoms with van der Waals surface area (Å²) in [6.45, 7) is 5.01. The van der Waals surface area contributed by atoms with Crippen molar-refractivity contribution in [2.75, 3.05) is 13.2 Å². The molecule has 84 heavy (non-hydrogen) atoms. The molecule has 0 rings (SSSR count). The standard InChI is InChI=1S/C78H155NO5/c1-3-5-7-9-11-13-15-16-17-18-38-41-44-47-51-54-58-62-66-70-76(81)75(74-80)79-77(82)71-67-63-59-55-52-48-45-42-39-36-34-32-30-28-26-24-22-20-19-21-23-25-27-29-31-33-35-37-40-43-46-49-53-57-61-65-69-73-84-78(83)72-68-64-60-56-50-14-12-10-8-6-4-2/h75-76,80-81H,3-74H2,1-2H3,(H,79,82). The molecule has 0 aromatic rings. The summed E-state index contributed by atoms with van der Waals surface area (Å²) < 4.78 is 5.48. The van der Waals surface area contributed by atoms with Crippen LogP contribution in [0.1, 0.15) is 463 Å². The van der Waals surface area contributed by atoms with E-state index in [9.17, 15) is 19.8 Å². The van der Waals surface area contributed by atoms with Crippen LogP contribution in [0.5, 0.6) is 0 Å². The molecule has 6 nitrogen and oxygen atoms in total. The summed E-state index contributed by atoms with van der Waals surface area (Å²) in [7, 11) is 0. The minimum Gasteiger partial charge on any atom is -0.466 e. The molecule has 0 spiro atoms. The van der Waals surface area contributed by atoms with Gasteiger partial charge >= 0.3 is 5.97 Å². The first kappa shape index (κ1) is 82.9. The molecule has 0 aromatic carbocycles. The second-order valence-corrected chi connectivity index (χ2v) is 27.4. The summed E-state index contributed by atoms with van der Waals surface area (Å²) in [5.41, 5.74) is 0. The van der Waals surface area contributed by atoms with Crippen LogP contribution < -0.4 is 5.32 Å². The Morgan fingerprint density at radius 1 is 0.286 bits per heavy atom. The summed E-state index contributed by atoms with van der Waals surface area (Å²) in [5.74, 6) is 0.000609. The van der Waals surface area contributed by atoms with E-state index in [1.165, 1.54) is 392 Å². The van der Waals surface area contributed by atoms with Gasteiger partial charge in [-0.1, -0.05) is 425 Å². The number of esters is 1. The fourth-order valence-corrected chi connectivity index (χ4v) is 12.9. The first-order chi connectivity index (χ1) is 41.5. The van der Waals surface area contributed by atoms with E-state index >= 15 is 0 Å². The molecular weight excluding hydrogens is 1030 g/mol. The van der Waals surface area contributed by atoms with Crippen molar-refractivity contribution >= 4 is 11.9 Å². The van der Waals surface area contributed by atoms with Gasteiger partial charge in [-0.15, -0.1) is 0 Å². The van der Waals surface area contributed by atoms with Crippen LogP contribution >= 0.6 is 0 Å². The number of hydrogen-bond donors (Lipinski definition) is 3. The van der Waals surface area contributed by atoms with E-state index in [4.69, 9.17) is 4.74 Å². The number of rotatable bonds is 75. The van der Waals surface area contributed by atoms with E-state index in [0.29, 0.717) is 25.9 Å². The number of aliphatic hydroxyl groups is 2. The lowest BCUT2D eigenvalue weighted by Crippen LogP contribution is -2.45. The van der Waals surface area contributed by atoms with Crippen LogP contribution in [0.2, 0.25) is 0 Å². The zero-order valence-electron chi connectivity index (χ0n) is 57.7. The molecule has 0 aromatic heterocycles. The molecule has 6 heteroatoms. The first-order valence-corrected chi connectivity index (χ1v) is 39.3. The summed E-state index contributed by atoms with van der Waals surface area (Å²) in [4.78, 5) is 24.6. The molecule has 0 radical (unpaired) electrons. The average molecular weight is 1190 g/mol. The zero-order valence-corrected chi connectivity index (χ0v) is 57.7. The molecule has 2 atom stereocenters. The van der Waals surface area contributed by atoms with Crippen molar-refractivity contribution in [1.82, 2.24) is 5.32 Å². The highest BCUT2D eigenvalue weighted by Gasteiger charge is 2.20. The number of aliphatic hydroxyl groups excluding tert-OH is 2. The van der Waals surface area contributed by atoms with Gasteiger partial charge in [0.05, 0.1) is 25.4 Å². The van der Waals surface area contributed by atoms with Gasteiger partial charge in [0, 0.05) is 12.8 Å². The second-order valence-electron chi connectivity index (χ2n) is 27.4. The number of nitrogens with one attached hydrogen (secondary N) is 1. The van der Waals surface area contributed by atoms with Crippen molar-refractivity contribution in [3.05, 3.63) is 0 Å². The van der Waals surface area contributed by atoms with E-state index in [0.717, 1.165) is 38.5 Å². The Morgan fingerprint density at radius 2 is 0.488 bits per heavy atom. The molecule has 0 aliphatic rings. The summed E-state index contributed by atoms with van der Waals surface area (Å²) >= 11 is 0. The maximum atomic E-state index is 12.6. The van der Waals surface area contributed by atoms with Gasteiger partial charge in [-0.25, -0.2) is 0 Å². The zero-order chi connectivity index (χ0) is 60.6. The van der Waals surface area contributed by atoms with Gasteiger partial charge < -0.3 is 20.3 Å². The Balaban J connectivity index is 3.29. The van der Waals surface area contributed by atoms with Crippen molar-refractivity contribution in [3.8, 4) is 0 Å². The van der Waals surface area contributed by atoms with Gasteiger partial charge in [-0.05, 0) is 25.7 Å². The second kappa shape index (κ2) is 74.3. The maximum absolute atomic E-state index is 12.6. The number of unbranched alkanes of at least 4 members (excludes halogenated alkanes) is 64. The minimum atomic E-state index is -0.660. The number of carbonyl (C=O) groups excluding carboxylic acids is 2. The fourth-order valence-electron chi connectivity index (χ4n) is 12.9. The van der Waals surface area contributed by atoms with Crippen LogP contribution in [-0.2, 0) is 14.3 Å². The summed E-state index contributed by atoms with van der Waals surface area (Å²) in [5, 5.41) is 23.4. The Labute approximate surface area is 527 Å². The molecule has 0 fully saturated rings. The van der Waals surface area contributed by atoms with E-state index in [2.05, 4.69) is 19.2 Å². The lowest BCUT2D eigenvalue weighted by Gasteiger charge is -2.22. The van der Waals surface area contributed by atoms with Gasteiger partial charge in [-0.2, -0.15) is 0 Å². The predicted molar refractivity (Wildman–Crippen MR) is 371 cm³/mol. The van der Waals surface area contributed by atoms with Crippen LogP contribution in [0, 0.1) is 0 Å². The molecule has 0 bridgehead atoms. The highest BCUT2D eigenvalue weighted by molar-refractivity contribution is 5.76. The minimum absolute atomic E-state index is 0.0237. The Morgan fingerprint density at radius 3 is 0.726 bits per heavy atom. The third kappa shape index (κ3) is 70.0. The van der Waals surface area contributed by atoms with Crippen LogP contribution in [0.3, 0.4) is 0 Å². The lowest BCUT2D eigenvalue weighted by atomic mass is 10.0. The molecule has 0 aliphatic carbocycles. The third-order valence-electron chi connectivity index (χ3n) is 18.9. The molecule has 0 saturated heterocycles. The van der Waals surface area contributed by atoms with Crippen molar-refractivity contribution in [1.29, 1.82) is 0 Å². The molecule has 502 valence electrons. The summed E-state index contributed by atoms with van der Waals surface area (Å²) in [6, 6.07) is -0.536. The van der Waals surface area contributed by atoms with Crippen molar-refractivity contribution in [2.24, 2.45) is 0 Å². The Hall–Kier alpha value is -1.14. The Bertz CT molecular complexity index is 1230. The maximum Gasteiger partial charge on any atom is 0.305 e. The highest BCUT2D eigenvalue weighted by Crippen LogP contribution is 2.21. The van der Waals surface area contributed by atoms with Crippen LogP contribution in [0.25, 0.3) is 0 Å². The smallest absolute Gasteiger partial charge is 0.305 e. The monoisotopic (exact) mass is 1190 g/mol. The fraction of sp³-hybridized carbons (Fsp3) is 0.974. The van der Waals surface area contributed by atoms with Gasteiger partial charge in [-0.3, -0.25) is 9.59 Å². The molecule has 0 aliphatic heterocycles. The van der Waals surface area contributed by atoms with Crippen LogP contribution in [0.4, 0.5) is 0 Å². The van der Waals surface area contributed by atoms with E-state index in [-0.39, 0.29) is 18.5 Å². The molecular formula is C78H155NO5. The predicted octanol–water partition coefficient (Wildman–Crippen LogP) is 25.7. The molecule has 1 amide bonds. The SMILES string of the molecule is CCCCCCCCCCCCCCCCCCCCCC(O)C(CO)NC(=O)CCCCCCCCCCCCCCCCCCCCCCCCCCCCCCCCCCCCCCCOC(=O)CCCCCCCCCCCCC. The van der Waals surface area contributed by atoms with Crippen molar-refractivity contribution in [3.63, 3.8) is 0 Å². The number of carbonyl (C=O) groups is 2. The van der Waals surface area contributed by atoms with Gasteiger partial charge in [0.2, 0.25) is 5.91 Å². The molecule has 3 N–H and O–H groups in total. The van der Waals surface area contributed by atoms with E-state index < -0.39 is 12.1 Å². The topological polar surface area (TPSA) is 95.9 Å².